The summed E-state index contributed by atoms with van der Waals surface area (Å²) in [5.74, 6) is 1.04. The van der Waals surface area contributed by atoms with Crippen molar-refractivity contribution in [2.75, 3.05) is 38.2 Å². The number of hydrogen-bond donors (Lipinski definition) is 2. The van der Waals surface area contributed by atoms with Crippen molar-refractivity contribution in [2.24, 2.45) is 0 Å². The minimum atomic E-state index is -0.156. The first-order valence-electron chi connectivity index (χ1n) is 7.43. The second kappa shape index (κ2) is 7.17. The Hall–Kier alpha value is -1.50. The van der Waals surface area contributed by atoms with E-state index < -0.39 is 0 Å². The lowest BCUT2D eigenvalue weighted by molar-refractivity contribution is -0.115. The number of ether oxygens (including phenoxy) is 3. The van der Waals surface area contributed by atoms with E-state index in [1.54, 1.807) is 12.1 Å². The third kappa shape index (κ3) is 3.82. The minimum Gasteiger partial charge on any atom is -0.486 e. The van der Waals surface area contributed by atoms with Crippen LogP contribution in [-0.2, 0) is 9.53 Å². The van der Waals surface area contributed by atoms with Crippen LogP contribution in [0.5, 0.6) is 11.5 Å². The zero-order valence-corrected chi connectivity index (χ0v) is 12.9. The van der Waals surface area contributed by atoms with Gasteiger partial charge >= 0.3 is 0 Å². The average Bonchev–Trinajstić information content (AvgIpc) is 3.01. The van der Waals surface area contributed by atoms with Gasteiger partial charge in [0.2, 0.25) is 5.91 Å². The summed E-state index contributed by atoms with van der Waals surface area (Å²) >= 11 is 6.15. The second-order valence-corrected chi connectivity index (χ2v) is 5.70. The molecule has 7 heteroatoms. The fraction of sp³-hybridized carbons (Fsp3) is 0.533. The first kappa shape index (κ1) is 15.4. The highest BCUT2D eigenvalue weighted by Crippen LogP contribution is 2.37. The van der Waals surface area contributed by atoms with Gasteiger partial charge in [0, 0.05) is 25.3 Å². The summed E-state index contributed by atoms with van der Waals surface area (Å²) in [6.45, 7) is 2.70. The van der Waals surface area contributed by atoms with E-state index in [9.17, 15) is 4.79 Å². The molecule has 1 aromatic carbocycles. The molecule has 0 spiro atoms. The first-order valence-corrected chi connectivity index (χ1v) is 7.81. The molecular formula is C15H19ClN2O4. The summed E-state index contributed by atoms with van der Waals surface area (Å²) in [5.41, 5.74) is 0.523. The number of amides is 1. The standard InChI is InChI=1S/C15H19ClN2O4/c16-11-6-13-14(22-5-4-21-13)7-12(11)18-15(19)9-17-8-10-2-1-3-20-10/h6-7,10,17H,1-5,8-9H2,(H,18,19). The quantitative estimate of drug-likeness (QED) is 0.864. The van der Waals surface area contributed by atoms with Gasteiger partial charge in [0.25, 0.3) is 0 Å². The Morgan fingerprint density at radius 3 is 2.73 bits per heavy atom. The van der Waals surface area contributed by atoms with Gasteiger partial charge in [0.1, 0.15) is 13.2 Å². The number of nitrogens with one attached hydrogen (secondary N) is 2. The molecule has 1 unspecified atom stereocenters. The fourth-order valence-electron chi connectivity index (χ4n) is 2.51. The van der Waals surface area contributed by atoms with Crippen LogP contribution in [0.15, 0.2) is 12.1 Å². The normalized spacial score (nSPS) is 20.0. The van der Waals surface area contributed by atoms with Gasteiger partial charge in [-0.15, -0.1) is 0 Å². The number of anilines is 1. The Kier molecular flexibility index (Phi) is 5.02. The largest absolute Gasteiger partial charge is 0.486 e. The Labute approximate surface area is 134 Å². The van der Waals surface area contributed by atoms with Crippen molar-refractivity contribution in [3.8, 4) is 11.5 Å². The molecule has 1 amide bonds. The van der Waals surface area contributed by atoms with Crippen molar-refractivity contribution in [1.82, 2.24) is 5.32 Å². The van der Waals surface area contributed by atoms with Crippen molar-refractivity contribution >= 4 is 23.2 Å². The molecule has 0 radical (unpaired) electrons. The van der Waals surface area contributed by atoms with Crippen LogP contribution in [0.2, 0.25) is 5.02 Å². The van der Waals surface area contributed by atoms with E-state index in [1.165, 1.54) is 0 Å². The summed E-state index contributed by atoms with van der Waals surface area (Å²) in [5, 5.41) is 6.30. The highest BCUT2D eigenvalue weighted by molar-refractivity contribution is 6.34. The lowest BCUT2D eigenvalue weighted by Crippen LogP contribution is -2.33. The number of carbonyl (C=O) groups excluding carboxylic acids is 1. The molecular weight excluding hydrogens is 308 g/mol. The molecule has 1 atom stereocenters. The number of fused-ring (bicyclic) bond motifs is 1. The molecule has 6 nitrogen and oxygen atoms in total. The molecule has 2 aliphatic heterocycles. The Morgan fingerprint density at radius 2 is 2.00 bits per heavy atom. The van der Waals surface area contributed by atoms with Gasteiger partial charge in [-0.05, 0) is 12.8 Å². The molecule has 0 aromatic heterocycles. The van der Waals surface area contributed by atoms with Crippen molar-refractivity contribution in [1.29, 1.82) is 0 Å². The van der Waals surface area contributed by atoms with Gasteiger partial charge in [0.15, 0.2) is 11.5 Å². The van der Waals surface area contributed by atoms with Crippen molar-refractivity contribution in [2.45, 2.75) is 18.9 Å². The minimum absolute atomic E-state index is 0.156. The van der Waals surface area contributed by atoms with Crippen LogP contribution in [0.1, 0.15) is 12.8 Å². The number of hydrogen-bond acceptors (Lipinski definition) is 5. The number of rotatable bonds is 5. The first-order chi connectivity index (χ1) is 10.7. The smallest absolute Gasteiger partial charge is 0.238 e. The van der Waals surface area contributed by atoms with E-state index >= 15 is 0 Å². The molecule has 0 bridgehead atoms. The molecule has 3 rings (SSSR count). The Bertz CT molecular complexity index is 547. The number of benzene rings is 1. The second-order valence-electron chi connectivity index (χ2n) is 5.29. The van der Waals surface area contributed by atoms with Crippen LogP contribution in [0.25, 0.3) is 0 Å². The molecule has 120 valence electrons. The highest BCUT2D eigenvalue weighted by atomic mass is 35.5. The number of halogens is 1. The molecule has 22 heavy (non-hydrogen) atoms. The summed E-state index contributed by atoms with van der Waals surface area (Å²) in [6.07, 6.45) is 2.35. The van der Waals surface area contributed by atoms with E-state index in [0.717, 1.165) is 19.4 Å². The van der Waals surface area contributed by atoms with Gasteiger partial charge in [-0.3, -0.25) is 4.79 Å². The summed E-state index contributed by atoms with van der Waals surface area (Å²) in [7, 11) is 0. The van der Waals surface area contributed by atoms with Gasteiger partial charge in [-0.1, -0.05) is 11.6 Å². The summed E-state index contributed by atoms with van der Waals surface area (Å²) in [6, 6.07) is 3.35. The van der Waals surface area contributed by atoms with Crippen LogP contribution < -0.4 is 20.1 Å². The lowest BCUT2D eigenvalue weighted by Gasteiger charge is -2.20. The predicted molar refractivity (Wildman–Crippen MR) is 82.9 cm³/mol. The molecule has 2 aliphatic rings. The predicted octanol–water partition coefficient (Wildman–Crippen LogP) is 1.82. The zero-order valence-electron chi connectivity index (χ0n) is 12.2. The maximum Gasteiger partial charge on any atom is 0.238 e. The van der Waals surface area contributed by atoms with Gasteiger partial charge in [-0.2, -0.15) is 0 Å². The van der Waals surface area contributed by atoms with Crippen LogP contribution in [0.4, 0.5) is 5.69 Å². The van der Waals surface area contributed by atoms with Crippen LogP contribution in [-0.4, -0.2) is 44.9 Å². The van der Waals surface area contributed by atoms with E-state index in [-0.39, 0.29) is 18.6 Å². The molecule has 2 heterocycles. The van der Waals surface area contributed by atoms with Crippen molar-refractivity contribution in [3.63, 3.8) is 0 Å². The molecule has 1 saturated heterocycles. The maximum atomic E-state index is 12.0. The highest BCUT2D eigenvalue weighted by Gasteiger charge is 2.17. The van der Waals surface area contributed by atoms with E-state index in [0.29, 0.717) is 42.0 Å². The van der Waals surface area contributed by atoms with Gasteiger partial charge in [-0.25, -0.2) is 0 Å². The fourth-order valence-corrected chi connectivity index (χ4v) is 2.71. The molecule has 1 aromatic rings. The third-order valence-electron chi connectivity index (χ3n) is 3.59. The van der Waals surface area contributed by atoms with Crippen LogP contribution in [0, 0.1) is 0 Å². The SMILES string of the molecule is O=C(CNCC1CCCO1)Nc1cc2c(cc1Cl)OCCO2. The van der Waals surface area contributed by atoms with Crippen LogP contribution in [0.3, 0.4) is 0 Å². The molecule has 0 aliphatic carbocycles. The monoisotopic (exact) mass is 326 g/mol. The lowest BCUT2D eigenvalue weighted by atomic mass is 10.2. The van der Waals surface area contributed by atoms with E-state index in [4.69, 9.17) is 25.8 Å². The van der Waals surface area contributed by atoms with Gasteiger partial charge in [0.05, 0.1) is 23.4 Å². The topological polar surface area (TPSA) is 68.8 Å². The number of carbonyl (C=O) groups is 1. The third-order valence-corrected chi connectivity index (χ3v) is 3.90. The van der Waals surface area contributed by atoms with E-state index in [2.05, 4.69) is 10.6 Å². The van der Waals surface area contributed by atoms with Crippen molar-refractivity contribution in [3.05, 3.63) is 17.2 Å². The van der Waals surface area contributed by atoms with E-state index in [1.807, 2.05) is 0 Å². The Morgan fingerprint density at radius 1 is 1.23 bits per heavy atom. The van der Waals surface area contributed by atoms with Crippen molar-refractivity contribution < 1.29 is 19.0 Å². The molecule has 0 saturated carbocycles. The zero-order chi connectivity index (χ0) is 15.4. The Balaban J connectivity index is 1.52. The van der Waals surface area contributed by atoms with Gasteiger partial charge < -0.3 is 24.8 Å². The van der Waals surface area contributed by atoms with Crippen LogP contribution >= 0.6 is 11.6 Å². The summed E-state index contributed by atoms with van der Waals surface area (Å²) in [4.78, 5) is 12.0. The molecule has 1 fully saturated rings. The molecule has 2 N–H and O–H groups in total. The summed E-state index contributed by atoms with van der Waals surface area (Å²) < 4.78 is 16.4. The average molecular weight is 327 g/mol. The maximum absolute atomic E-state index is 12.0.